The number of allylic oxidation sites excluding steroid dienone is 1. The van der Waals surface area contributed by atoms with Crippen molar-refractivity contribution in [3.63, 3.8) is 0 Å². The van der Waals surface area contributed by atoms with Gasteiger partial charge in [0.1, 0.15) is 23.1 Å². The topological polar surface area (TPSA) is 81.3 Å². The van der Waals surface area contributed by atoms with Crippen molar-refractivity contribution in [2.45, 2.75) is 0 Å². The second kappa shape index (κ2) is 5.38. The summed E-state index contributed by atoms with van der Waals surface area (Å²) in [4.78, 5) is 12.5. The molecule has 94 valence electrons. The molecule has 0 amide bonds. The van der Waals surface area contributed by atoms with Crippen molar-refractivity contribution in [2.24, 2.45) is 0 Å². The van der Waals surface area contributed by atoms with Crippen molar-refractivity contribution >= 4 is 23.2 Å². The highest BCUT2D eigenvalue weighted by molar-refractivity contribution is 7.12. The second-order valence-electron chi connectivity index (χ2n) is 3.72. The summed E-state index contributed by atoms with van der Waals surface area (Å²) < 4.78 is 0. The Morgan fingerprint density at radius 3 is 2.68 bits per heavy atom. The molecule has 0 bridgehead atoms. The number of aromatic hydroxyl groups is 2. The number of rotatable bonds is 3. The summed E-state index contributed by atoms with van der Waals surface area (Å²) in [7, 11) is 0. The maximum atomic E-state index is 12.0. The van der Waals surface area contributed by atoms with Gasteiger partial charge in [-0.15, -0.1) is 11.3 Å². The molecule has 0 unspecified atom stereocenters. The lowest BCUT2D eigenvalue weighted by atomic mass is 10.1. The van der Waals surface area contributed by atoms with Crippen LogP contribution >= 0.6 is 11.3 Å². The van der Waals surface area contributed by atoms with Crippen molar-refractivity contribution in [3.8, 4) is 17.6 Å². The Hall–Kier alpha value is -2.58. The van der Waals surface area contributed by atoms with E-state index in [2.05, 4.69) is 0 Å². The smallest absolute Gasteiger partial charge is 0.213 e. The van der Waals surface area contributed by atoms with E-state index in [1.165, 1.54) is 29.5 Å². The first-order valence-corrected chi connectivity index (χ1v) is 6.22. The minimum atomic E-state index is -0.384. The maximum Gasteiger partial charge on any atom is 0.213 e. The molecule has 0 aliphatic rings. The van der Waals surface area contributed by atoms with Crippen molar-refractivity contribution in [2.75, 3.05) is 0 Å². The SMILES string of the molecule is N#CC(=Cc1ccc(O)cc1O)C(=O)c1cccs1. The van der Waals surface area contributed by atoms with E-state index < -0.39 is 0 Å². The van der Waals surface area contributed by atoms with Crippen molar-refractivity contribution in [1.29, 1.82) is 5.26 Å². The highest BCUT2D eigenvalue weighted by Crippen LogP contribution is 2.25. The molecule has 2 rings (SSSR count). The Labute approximate surface area is 113 Å². The van der Waals surface area contributed by atoms with Gasteiger partial charge < -0.3 is 10.2 Å². The van der Waals surface area contributed by atoms with Gasteiger partial charge in [0.2, 0.25) is 5.78 Å². The van der Waals surface area contributed by atoms with Crippen LogP contribution in [-0.2, 0) is 0 Å². The van der Waals surface area contributed by atoms with Crippen molar-refractivity contribution < 1.29 is 15.0 Å². The lowest BCUT2D eigenvalue weighted by Gasteiger charge is -2.01. The van der Waals surface area contributed by atoms with Gasteiger partial charge in [-0.25, -0.2) is 0 Å². The van der Waals surface area contributed by atoms with Gasteiger partial charge in [0.25, 0.3) is 0 Å². The summed E-state index contributed by atoms with van der Waals surface area (Å²) in [5.41, 5.74) is 0.239. The van der Waals surface area contributed by atoms with Gasteiger partial charge >= 0.3 is 0 Å². The number of benzene rings is 1. The Kier molecular flexibility index (Phi) is 3.64. The van der Waals surface area contributed by atoms with Crippen LogP contribution in [0.3, 0.4) is 0 Å². The molecule has 0 radical (unpaired) electrons. The predicted molar refractivity (Wildman–Crippen MR) is 72.0 cm³/mol. The number of carbonyl (C=O) groups is 1. The highest BCUT2D eigenvalue weighted by atomic mass is 32.1. The molecule has 5 heteroatoms. The maximum absolute atomic E-state index is 12.0. The standard InChI is InChI=1S/C14H9NO3S/c15-8-10(14(18)13-2-1-5-19-13)6-9-3-4-11(16)7-12(9)17/h1-7,16-17H. The van der Waals surface area contributed by atoms with Crippen LogP contribution in [0, 0.1) is 11.3 Å². The minimum Gasteiger partial charge on any atom is -0.508 e. The van der Waals surface area contributed by atoms with E-state index in [-0.39, 0.29) is 22.9 Å². The Morgan fingerprint density at radius 2 is 2.11 bits per heavy atom. The average molecular weight is 271 g/mol. The van der Waals surface area contributed by atoms with Crippen molar-refractivity contribution in [3.05, 3.63) is 51.7 Å². The molecule has 0 atom stereocenters. The molecule has 2 aromatic rings. The quantitative estimate of drug-likeness (QED) is 0.511. The highest BCUT2D eigenvalue weighted by Gasteiger charge is 2.13. The molecule has 1 heterocycles. The molecule has 0 saturated heterocycles. The molecule has 2 N–H and O–H groups in total. The third-order valence-corrected chi connectivity index (χ3v) is 3.29. The van der Waals surface area contributed by atoms with Gasteiger partial charge in [-0.1, -0.05) is 6.07 Å². The molecule has 4 nitrogen and oxygen atoms in total. The number of carbonyl (C=O) groups excluding carboxylic acids is 1. The van der Waals surface area contributed by atoms with E-state index in [4.69, 9.17) is 5.26 Å². The zero-order chi connectivity index (χ0) is 13.8. The fourth-order valence-corrected chi connectivity index (χ4v) is 2.18. The normalized spacial score (nSPS) is 11.0. The summed E-state index contributed by atoms with van der Waals surface area (Å²) >= 11 is 1.25. The summed E-state index contributed by atoms with van der Waals surface area (Å²) in [6.07, 6.45) is 1.30. The van der Waals surface area contributed by atoms with Gasteiger partial charge in [-0.2, -0.15) is 5.26 Å². The van der Waals surface area contributed by atoms with Crippen LogP contribution in [0.5, 0.6) is 11.5 Å². The minimum absolute atomic E-state index is 0.0663. The monoisotopic (exact) mass is 271 g/mol. The Morgan fingerprint density at radius 1 is 1.32 bits per heavy atom. The molecule has 0 spiro atoms. The molecular weight excluding hydrogens is 262 g/mol. The number of hydrogen-bond donors (Lipinski definition) is 2. The summed E-state index contributed by atoms with van der Waals surface area (Å²) in [6, 6.07) is 9.14. The Balaban J connectivity index is 2.40. The molecule has 19 heavy (non-hydrogen) atoms. The zero-order valence-corrected chi connectivity index (χ0v) is 10.5. The average Bonchev–Trinajstić information content (AvgIpc) is 2.91. The zero-order valence-electron chi connectivity index (χ0n) is 9.70. The molecule has 0 fully saturated rings. The largest absolute Gasteiger partial charge is 0.508 e. The summed E-state index contributed by atoms with van der Waals surface area (Å²) in [6.45, 7) is 0. The van der Waals surface area contributed by atoms with Gasteiger partial charge in [-0.05, 0) is 29.7 Å². The van der Waals surface area contributed by atoms with E-state index in [0.717, 1.165) is 6.07 Å². The fraction of sp³-hybridized carbons (Fsp3) is 0. The number of hydrogen-bond acceptors (Lipinski definition) is 5. The van der Waals surface area contributed by atoms with Crippen LogP contribution < -0.4 is 0 Å². The van der Waals surface area contributed by atoms with Gasteiger partial charge in [0.05, 0.1) is 4.88 Å². The predicted octanol–water partition coefficient (Wildman–Crippen LogP) is 2.95. The summed E-state index contributed by atoms with van der Waals surface area (Å²) in [5, 5.41) is 29.6. The van der Waals surface area contributed by atoms with Crippen LogP contribution in [0.25, 0.3) is 6.08 Å². The van der Waals surface area contributed by atoms with Gasteiger partial charge in [0, 0.05) is 11.6 Å². The second-order valence-corrected chi connectivity index (χ2v) is 4.67. The third-order valence-electron chi connectivity index (χ3n) is 2.42. The van der Waals surface area contributed by atoms with Crippen LogP contribution in [-0.4, -0.2) is 16.0 Å². The fourth-order valence-electron chi connectivity index (χ4n) is 1.50. The molecule has 0 aliphatic heterocycles. The molecular formula is C14H9NO3S. The molecule has 1 aromatic carbocycles. The number of phenolic OH excluding ortho intramolecular Hbond substituents is 2. The van der Waals surface area contributed by atoms with E-state index in [0.29, 0.717) is 10.4 Å². The summed E-state index contributed by atoms with van der Waals surface area (Å²) in [5.74, 6) is -0.658. The first kappa shape index (κ1) is 12.9. The number of nitrogens with zero attached hydrogens (tertiary/aromatic N) is 1. The molecule has 0 aliphatic carbocycles. The van der Waals surface area contributed by atoms with E-state index >= 15 is 0 Å². The number of Topliss-reactive ketones (excluding diaryl/α,β-unsaturated/α-hetero) is 1. The van der Waals surface area contributed by atoms with Crippen LogP contribution in [0.2, 0.25) is 0 Å². The number of thiophene rings is 1. The molecule has 0 saturated carbocycles. The van der Waals surface area contributed by atoms with E-state index in [1.807, 2.05) is 6.07 Å². The van der Waals surface area contributed by atoms with E-state index in [9.17, 15) is 15.0 Å². The lowest BCUT2D eigenvalue weighted by molar-refractivity contribution is 0.104. The molecule has 1 aromatic heterocycles. The van der Waals surface area contributed by atoms with Crippen LogP contribution in [0.4, 0.5) is 0 Å². The van der Waals surface area contributed by atoms with Crippen LogP contribution in [0.15, 0.2) is 41.3 Å². The lowest BCUT2D eigenvalue weighted by Crippen LogP contribution is -1.98. The first-order valence-electron chi connectivity index (χ1n) is 5.34. The first-order chi connectivity index (χ1) is 9.11. The Bertz CT molecular complexity index is 681. The van der Waals surface area contributed by atoms with Crippen molar-refractivity contribution in [1.82, 2.24) is 0 Å². The third kappa shape index (κ3) is 2.81. The van der Waals surface area contributed by atoms with Gasteiger partial charge in [-0.3, -0.25) is 4.79 Å². The van der Waals surface area contributed by atoms with E-state index in [1.54, 1.807) is 17.5 Å². The number of phenols is 2. The number of nitriles is 1. The number of ketones is 1. The van der Waals surface area contributed by atoms with Gasteiger partial charge in [0.15, 0.2) is 0 Å². The van der Waals surface area contributed by atoms with Crippen LogP contribution in [0.1, 0.15) is 15.2 Å².